The summed E-state index contributed by atoms with van der Waals surface area (Å²) >= 11 is 0. The van der Waals surface area contributed by atoms with Crippen LogP contribution in [0, 0.1) is 0 Å². The number of nitrogens with one attached hydrogen (secondary N) is 1. The Balaban J connectivity index is 2.26. The van der Waals surface area contributed by atoms with E-state index in [1.54, 1.807) is 0 Å². The van der Waals surface area contributed by atoms with Crippen LogP contribution in [0.3, 0.4) is 0 Å². The van der Waals surface area contributed by atoms with Crippen molar-refractivity contribution < 1.29 is 39.8 Å². The molecule has 9 nitrogen and oxygen atoms in total. The molecule has 7 atom stereocenters. The van der Waals surface area contributed by atoms with Crippen LogP contribution < -0.4 is 5.32 Å². The van der Waals surface area contributed by atoms with Crippen LogP contribution in [0.5, 0.6) is 0 Å². The van der Waals surface area contributed by atoms with Gasteiger partial charge in [0.05, 0.1) is 25.4 Å². The molecule has 0 bridgehead atoms. The lowest BCUT2D eigenvalue weighted by Gasteiger charge is -2.40. The van der Waals surface area contributed by atoms with Crippen molar-refractivity contribution in [2.24, 2.45) is 0 Å². The molecule has 0 aromatic carbocycles. The number of rotatable bonds is 45. The van der Waals surface area contributed by atoms with E-state index in [1.165, 1.54) is 193 Å². The van der Waals surface area contributed by atoms with Crippen LogP contribution in [-0.4, -0.2) is 87.5 Å². The predicted octanol–water partition coefficient (Wildman–Crippen LogP) is 12.1. The third-order valence-corrected chi connectivity index (χ3v) is 12.9. The topological polar surface area (TPSA) is 149 Å². The summed E-state index contributed by atoms with van der Waals surface area (Å²) in [6.45, 7) is 3.86. The lowest BCUT2D eigenvalue weighted by atomic mass is 9.99. The number of aliphatic hydroxyl groups excluding tert-OH is 5. The minimum atomic E-state index is -1.55. The van der Waals surface area contributed by atoms with Crippen molar-refractivity contribution in [1.82, 2.24) is 5.32 Å². The highest BCUT2D eigenvalue weighted by molar-refractivity contribution is 5.76. The van der Waals surface area contributed by atoms with Gasteiger partial charge in [-0.2, -0.15) is 0 Å². The smallest absolute Gasteiger partial charge is 0.220 e. The molecule has 362 valence electrons. The van der Waals surface area contributed by atoms with Crippen molar-refractivity contribution >= 4 is 5.91 Å². The van der Waals surface area contributed by atoms with E-state index in [4.69, 9.17) is 9.47 Å². The van der Waals surface area contributed by atoms with E-state index in [0.717, 1.165) is 38.5 Å². The number of carbonyl (C=O) groups is 1. The lowest BCUT2D eigenvalue weighted by Crippen LogP contribution is -2.60. The van der Waals surface area contributed by atoms with Crippen molar-refractivity contribution in [1.29, 1.82) is 0 Å². The molecule has 1 fully saturated rings. The summed E-state index contributed by atoms with van der Waals surface area (Å²) in [5.41, 5.74) is 0. The molecule has 0 spiro atoms. The van der Waals surface area contributed by atoms with E-state index in [0.29, 0.717) is 12.8 Å². The van der Waals surface area contributed by atoms with E-state index < -0.39 is 49.5 Å². The first-order valence-corrected chi connectivity index (χ1v) is 26.4. The van der Waals surface area contributed by atoms with Crippen LogP contribution in [-0.2, 0) is 14.3 Å². The number of carbonyl (C=O) groups excluding carboxylic acids is 1. The summed E-state index contributed by atoms with van der Waals surface area (Å²) in [7, 11) is 0. The zero-order chi connectivity index (χ0) is 44.4. The van der Waals surface area contributed by atoms with Gasteiger partial charge >= 0.3 is 0 Å². The standard InChI is InChI=1S/C52H101NO8/c1-3-5-7-9-11-13-15-17-19-21-23-24-26-28-30-32-34-36-38-40-42-48(56)53-45(44-60-52-51(59)50(58)49(57)47(43-54)61-52)46(55)41-39-37-35-33-31-29-27-25-22-20-18-16-14-12-10-8-6-4-2/h23-24,45-47,49-52,54-55,57-59H,3-22,25-44H2,1-2H3,(H,53,56)/b24-23-. The normalized spacial score (nSPS) is 20.4. The molecular weight excluding hydrogens is 767 g/mol. The van der Waals surface area contributed by atoms with Crippen molar-refractivity contribution in [3.8, 4) is 0 Å². The fourth-order valence-corrected chi connectivity index (χ4v) is 8.63. The number of hydrogen-bond acceptors (Lipinski definition) is 8. The van der Waals surface area contributed by atoms with Crippen LogP contribution in [0.25, 0.3) is 0 Å². The maximum Gasteiger partial charge on any atom is 0.220 e. The molecule has 0 aromatic heterocycles. The lowest BCUT2D eigenvalue weighted by molar-refractivity contribution is -0.302. The zero-order valence-electron chi connectivity index (χ0n) is 39.9. The second-order valence-electron chi connectivity index (χ2n) is 18.7. The first-order valence-electron chi connectivity index (χ1n) is 26.4. The summed E-state index contributed by atoms with van der Waals surface area (Å²) in [4.78, 5) is 13.0. The summed E-state index contributed by atoms with van der Waals surface area (Å²) < 4.78 is 11.3. The van der Waals surface area contributed by atoms with Gasteiger partial charge in [0.25, 0.3) is 0 Å². The summed E-state index contributed by atoms with van der Waals surface area (Å²) in [5, 5.41) is 54.5. The number of unbranched alkanes of at least 4 members (excludes halogenated alkanes) is 33. The first kappa shape index (κ1) is 57.9. The Morgan fingerprint density at radius 1 is 0.541 bits per heavy atom. The van der Waals surface area contributed by atoms with Gasteiger partial charge in [-0.3, -0.25) is 4.79 Å². The third kappa shape index (κ3) is 33.1. The Kier molecular flexibility index (Phi) is 40.7. The van der Waals surface area contributed by atoms with Gasteiger partial charge in [-0.15, -0.1) is 0 Å². The van der Waals surface area contributed by atoms with E-state index in [1.807, 2.05) is 0 Å². The van der Waals surface area contributed by atoms with Gasteiger partial charge in [-0.25, -0.2) is 0 Å². The van der Waals surface area contributed by atoms with Crippen LogP contribution >= 0.6 is 0 Å². The van der Waals surface area contributed by atoms with E-state index >= 15 is 0 Å². The Morgan fingerprint density at radius 3 is 1.33 bits per heavy atom. The van der Waals surface area contributed by atoms with Crippen LogP contribution in [0.2, 0.25) is 0 Å². The van der Waals surface area contributed by atoms with Crippen LogP contribution in [0.15, 0.2) is 12.2 Å². The van der Waals surface area contributed by atoms with Crippen molar-refractivity contribution in [2.45, 2.75) is 301 Å². The molecule has 7 unspecified atom stereocenters. The Bertz CT molecular complexity index is 966. The molecule has 1 aliphatic heterocycles. The van der Waals surface area contributed by atoms with E-state index in [-0.39, 0.29) is 12.5 Å². The quantitative estimate of drug-likeness (QED) is 0.0262. The first-order chi connectivity index (χ1) is 29.8. The largest absolute Gasteiger partial charge is 0.394 e. The number of ether oxygens (including phenoxy) is 2. The fourth-order valence-electron chi connectivity index (χ4n) is 8.63. The fraction of sp³-hybridized carbons (Fsp3) is 0.942. The molecule has 0 radical (unpaired) electrons. The predicted molar refractivity (Wildman–Crippen MR) is 254 cm³/mol. The minimum Gasteiger partial charge on any atom is -0.394 e. The van der Waals surface area contributed by atoms with Gasteiger partial charge in [0.2, 0.25) is 5.91 Å². The number of amides is 1. The maximum atomic E-state index is 13.0. The van der Waals surface area contributed by atoms with Gasteiger partial charge < -0.3 is 40.3 Å². The summed E-state index contributed by atoms with van der Waals surface area (Å²) in [5.74, 6) is -0.145. The molecule has 0 aliphatic carbocycles. The molecule has 1 heterocycles. The van der Waals surface area contributed by atoms with Crippen LogP contribution in [0.4, 0.5) is 0 Å². The highest BCUT2D eigenvalue weighted by Gasteiger charge is 2.44. The molecule has 0 aromatic rings. The van der Waals surface area contributed by atoms with Gasteiger partial charge in [0, 0.05) is 6.42 Å². The molecule has 1 rings (SSSR count). The average Bonchev–Trinajstić information content (AvgIpc) is 3.26. The average molecular weight is 868 g/mol. The Labute approximate surface area is 376 Å². The van der Waals surface area contributed by atoms with E-state index in [9.17, 15) is 30.3 Å². The summed E-state index contributed by atoms with van der Waals surface area (Å²) in [6, 6.07) is -0.718. The summed E-state index contributed by atoms with van der Waals surface area (Å²) in [6.07, 6.45) is 43.6. The molecule has 0 saturated carbocycles. The second kappa shape index (κ2) is 42.9. The van der Waals surface area contributed by atoms with Crippen molar-refractivity contribution in [3.05, 3.63) is 12.2 Å². The molecule has 61 heavy (non-hydrogen) atoms. The minimum absolute atomic E-state index is 0.136. The van der Waals surface area contributed by atoms with Gasteiger partial charge in [-0.1, -0.05) is 225 Å². The number of hydrogen-bond donors (Lipinski definition) is 6. The molecule has 6 N–H and O–H groups in total. The van der Waals surface area contributed by atoms with Gasteiger partial charge in [0.15, 0.2) is 6.29 Å². The highest BCUT2D eigenvalue weighted by Crippen LogP contribution is 2.23. The Hall–Kier alpha value is -1.07. The molecule has 1 aliphatic rings. The van der Waals surface area contributed by atoms with Crippen molar-refractivity contribution in [3.63, 3.8) is 0 Å². The molecule has 9 heteroatoms. The number of aliphatic hydroxyl groups is 5. The van der Waals surface area contributed by atoms with Gasteiger partial charge in [0.1, 0.15) is 24.4 Å². The maximum absolute atomic E-state index is 13.0. The van der Waals surface area contributed by atoms with Crippen LogP contribution in [0.1, 0.15) is 258 Å². The Morgan fingerprint density at radius 2 is 0.918 bits per heavy atom. The monoisotopic (exact) mass is 868 g/mol. The number of allylic oxidation sites excluding steroid dienone is 2. The van der Waals surface area contributed by atoms with Crippen molar-refractivity contribution in [2.75, 3.05) is 13.2 Å². The molecule has 1 amide bonds. The third-order valence-electron chi connectivity index (χ3n) is 12.9. The molecule has 1 saturated heterocycles. The zero-order valence-corrected chi connectivity index (χ0v) is 39.9. The van der Waals surface area contributed by atoms with E-state index in [2.05, 4.69) is 31.3 Å². The second-order valence-corrected chi connectivity index (χ2v) is 18.7. The highest BCUT2D eigenvalue weighted by atomic mass is 16.7. The van der Waals surface area contributed by atoms with Gasteiger partial charge in [-0.05, 0) is 38.5 Å². The SMILES string of the molecule is CCCCCCCCCCC/C=C\CCCCCCCCCC(=O)NC(COC1OC(CO)C(O)C(O)C1O)C(O)CCCCCCCCCCCCCCCCCCCC. The molecular formula is C52H101NO8.